The van der Waals surface area contributed by atoms with Gasteiger partial charge in [-0.15, -0.1) is 0 Å². The molecule has 2 aromatic rings. The van der Waals surface area contributed by atoms with E-state index < -0.39 is 11.9 Å². The summed E-state index contributed by atoms with van der Waals surface area (Å²) in [6, 6.07) is 4.74. The zero-order valence-electron chi connectivity index (χ0n) is 11.7. The Morgan fingerprint density at radius 1 is 1.43 bits per heavy atom. The van der Waals surface area contributed by atoms with E-state index in [-0.39, 0.29) is 18.3 Å². The Morgan fingerprint density at radius 3 is 2.76 bits per heavy atom. The Labute approximate surface area is 121 Å². The van der Waals surface area contributed by atoms with Gasteiger partial charge in [0.25, 0.3) is 5.91 Å². The van der Waals surface area contributed by atoms with Crippen molar-refractivity contribution in [3.05, 3.63) is 36.3 Å². The molecule has 0 atom stereocenters. The molecule has 2 rings (SSSR count). The van der Waals surface area contributed by atoms with Crippen LogP contribution in [0, 0.1) is 0 Å². The lowest BCUT2D eigenvalue weighted by molar-refractivity contribution is -0.138. The minimum absolute atomic E-state index is 0.0730. The van der Waals surface area contributed by atoms with Gasteiger partial charge in [0.2, 0.25) is 0 Å². The van der Waals surface area contributed by atoms with Crippen molar-refractivity contribution in [1.29, 1.82) is 0 Å². The summed E-state index contributed by atoms with van der Waals surface area (Å²) in [7, 11) is 0. The monoisotopic (exact) mass is 289 g/mol. The molecule has 7 heteroatoms. The fourth-order valence-electron chi connectivity index (χ4n) is 1.80. The predicted molar refractivity (Wildman–Crippen MR) is 73.5 cm³/mol. The van der Waals surface area contributed by atoms with Crippen molar-refractivity contribution < 1.29 is 19.2 Å². The van der Waals surface area contributed by atoms with Crippen molar-refractivity contribution in [2.75, 3.05) is 6.54 Å². The Morgan fingerprint density at radius 2 is 2.19 bits per heavy atom. The van der Waals surface area contributed by atoms with E-state index in [9.17, 15) is 9.59 Å². The normalized spacial score (nSPS) is 10.6. The maximum atomic E-state index is 12.3. The average Bonchev–Trinajstić information content (AvgIpc) is 2.94. The fraction of sp³-hybridized carbons (Fsp3) is 0.286. The summed E-state index contributed by atoms with van der Waals surface area (Å²) in [6.45, 7) is 3.09. The van der Waals surface area contributed by atoms with E-state index in [0.29, 0.717) is 11.3 Å². The van der Waals surface area contributed by atoms with Crippen LogP contribution in [0.3, 0.4) is 0 Å². The van der Waals surface area contributed by atoms with Gasteiger partial charge >= 0.3 is 5.97 Å². The molecule has 0 aliphatic rings. The van der Waals surface area contributed by atoms with Gasteiger partial charge < -0.3 is 14.5 Å². The van der Waals surface area contributed by atoms with Crippen molar-refractivity contribution in [2.45, 2.75) is 19.9 Å². The summed E-state index contributed by atoms with van der Waals surface area (Å²) < 4.78 is 5.12. The molecular formula is C14H15N3O4. The van der Waals surface area contributed by atoms with Crippen LogP contribution >= 0.6 is 0 Å². The first-order chi connectivity index (χ1) is 9.99. The molecule has 2 heterocycles. The van der Waals surface area contributed by atoms with Gasteiger partial charge in [-0.05, 0) is 26.0 Å². The zero-order valence-corrected chi connectivity index (χ0v) is 11.7. The molecule has 0 fully saturated rings. The molecule has 0 aliphatic heterocycles. The van der Waals surface area contributed by atoms with E-state index in [1.165, 1.54) is 11.0 Å². The molecule has 0 saturated heterocycles. The molecule has 21 heavy (non-hydrogen) atoms. The molecular weight excluding hydrogens is 274 g/mol. The number of hydrogen-bond acceptors (Lipinski definition) is 5. The van der Waals surface area contributed by atoms with Gasteiger partial charge in [-0.25, -0.2) is 0 Å². The number of carbonyl (C=O) groups is 2. The molecule has 0 radical (unpaired) electrons. The number of aliphatic carboxylic acids is 1. The smallest absolute Gasteiger partial charge is 0.323 e. The highest BCUT2D eigenvalue weighted by atomic mass is 16.5. The second kappa shape index (κ2) is 6.17. The Kier molecular flexibility index (Phi) is 4.32. The van der Waals surface area contributed by atoms with Crippen molar-refractivity contribution in [3.8, 4) is 11.3 Å². The summed E-state index contributed by atoms with van der Waals surface area (Å²) in [6.07, 6.45) is 3.21. The van der Waals surface area contributed by atoms with Crippen LogP contribution in [0.25, 0.3) is 11.3 Å². The van der Waals surface area contributed by atoms with Crippen LogP contribution in [0.15, 0.2) is 35.1 Å². The van der Waals surface area contributed by atoms with Crippen molar-refractivity contribution >= 4 is 11.9 Å². The third-order valence-corrected chi connectivity index (χ3v) is 2.87. The van der Waals surface area contributed by atoms with Crippen LogP contribution in [0.4, 0.5) is 0 Å². The van der Waals surface area contributed by atoms with Gasteiger partial charge in [0.1, 0.15) is 6.54 Å². The fourth-order valence-corrected chi connectivity index (χ4v) is 1.80. The first-order valence-electron chi connectivity index (χ1n) is 6.39. The molecule has 2 aromatic heterocycles. The number of hydrogen-bond donors (Lipinski definition) is 1. The highest BCUT2D eigenvalue weighted by Gasteiger charge is 2.24. The second-order valence-electron chi connectivity index (χ2n) is 4.74. The Balaban J connectivity index is 2.23. The standard InChI is InChI=1S/C14H15N3O4/c1-9(2)17(8-13(18)19)14(20)11-6-12(21-16-11)10-4-3-5-15-7-10/h3-7,9H,8H2,1-2H3,(H,18,19). The van der Waals surface area contributed by atoms with Gasteiger partial charge in [0, 0.05) is 30.1 Å². The van der Waals surface area contributed by atoms with Crippen LogP contribution in [-0.4, -0.2) is 44.6 Å². The maximum Gasteiger partial charge on any atom is 0.323 e. The number of carboxylic acid groups (broad SMARTS) is 1. The van der Waals surface area contributed by atoms with E-state index in [1.54, 1.807) is 38.4 Å². The lowest BCUT2D eigenvalue weighted by Gasteiger charge is -2.23. The van der Waals surface area contributed by atoms with E-state index >= 15 is 0 Å². The summed E-state index contributed by atoms with van der Waals surface area (Å²) in [5.74, 6) is -1.15. The van der Waals surface area contributed by atoms with Crippen molar-refractivity contribution in [3.63, 3.8) is 0 Å². The molecule has 0 aromatic carbocycles. The summed E-state index contributed by atoms with van der Waals surface area (Å²) in [5, 5.41) is 12.6. The first kappa shape index (κ1) is 14.7. The van der Waals surface area contributed by atoms with E-state index in [4.69, 9.17) is 9.63 Å². The lowest BCUT2D eigenvalue weighted by atomic mass is 10.2. The number of rotatable bonds is 5. The molecule has 7 nitrogen and oxygen atoms in total. The predicted octanol–water partition coefficient (Wildman–Crippen LogP) is 1.67. The van der Waals surface area contributed by atoms with E-state index in [2.05, 4.69) is 10.1 Å². The van der Waals surface area contributed by atoms with Crippen molar-refractivity contribution in [1.82, 2.24) is 15.0 Å². The van der Waals surface area contributed by atoms with Gasteiger partial charge in [0.15, 0.2) is 11.5 Å². The number of carboxylic acids is 1. The zero-order chi connectivity index (χ0) is 15.4. The number of pyridine rings is 1. The molecule has 0 unspecified atom stereocenters. The van der Waals surface area contributed by atoms with Crippen molar-refractivity contribution in [2.24, 2.45) is 0 Å². The lowest BCUT2D eigenvalue weighted by Crippen LogP contribution is -2.40. The van der Waals surface area contributed by atoms with Crippen LogP contribution < -0.4 is 0 Å². The number of carbonyl (C=O) groups excluding carboxylic acids is 1. The number of nitrogens with zero attached hydrogens (tertiary/aromatic N) is 3. The molecule has 0 spiro atoms. The van der Waals surface area contributed by atoms with Gasteiger partial charge in [-0.1, -0.05) is 5.16 Å². The van der Waals surface area contributed by atoms with Crippen LogP contribution in [0.1, 0.15) is 24.3 Å². The van der Waals surface area contributed by atoms with Crippen LogP contribution in [0.2, 0.25) is 0 Å². The molecule has 1 amide bonds. The average molecular weight is 289 g/mol. The van der Waals surface area contributed by atoms with E-state index in [0.717, 1.165) is 0 Å². The Hall–Kier alpha value is -2.70. The van der Waals surface area contributed by atoms with Gasteiger partial charge in [-0.3, -0.25) is 14.6 Å². The number of aromatic nitrogens is 2. The second-order valence-corrected chi connectivity index (χ2v) is 4.74. The maximum absolute atomic E-state index is 12.3. The van der Waals surface area contributed by atoms with Gasteiger partial charge in [0.05, 0.1) is 0 Å². The SMILES string of the molecule is CC(C)N(CC(=O)O)C(=O)c1cc(-c2cccnc2)on1. The molecule has 0 aliphatic carbocycles. The highest BCUT2D eigenvalue weighted by molar-refractivity contribution is 5.95. The number of amides is 1. The van der Waals surface area contributed by atoms with Crippen LogP contribution in [0.5, 0.6) is 0 Å². The third kappa shape index (κ3) is 3.44. The minimum atomic E-state index is -1.08. The van der Waals surface area contributed by atoms with Gasteiger partial charge in [-0.2, -0.15) is 0 Å². The minimum Gasteiger partial charge on any atom is -0.480 e. The molecule has 110 valence electrons. The summed E-state index contributed by atoms with van der Waals surface area (Å²) in [5.41, 5.74) is 0.766. The summed E-state index contributed by atoms with van der Waals surface area (Å²) in [4.78, 5) is 28.3. The molecule has 1 N–H and O–H groups in total. The summed E-state index contributed by atoms with van der Waals surface area (Å²) >= 11 is 0. The quantitative estimate of drug-likeness (QED) is 0.899. The van der Waals surface area contributed by atoms with Crippen LogP contribution in [-0.2, 0) is 4.79 Å². The first-order valence-corrected chi connectivity index (χ1v) is 6.39. The van der Waals surface area contributed by atoms with E-state index in [1.807, 2.05) is 0 Å². The topological polar surface area (TPSA) is 96.5 Å². The molecule has 0 saturated carbocycles. The molecule has 0 bridgehead atoms. The Bertz CT molecular complexity index is 637. The largest absolute Gasteiger partial charge is 0.480 e. The highest BCUT2D eigenvalue weighted by Crippen LogP contribution is 2.20. The third-order valence-electron chi connectivity index (χ3n) is 2.87.